The van der Waals surface area contributed by atoms with Crippen molar-refractivity contribution in [1.29, 1.82) is 0 Å². The molecule has 0 unspecified atom stereocenters. The Kier molecular flexibility index (Phi) is 3.28. The van der Waals surface area contributed by atoms with Crippen molar-refractivity contribution in [3.05, 3.63) is 22.5 Å². The number of piperazine rings is 1. The number of halogens is 2. The molecule has 6 heteroatoms. The molecule has 1 N–H and O–H groups in total. The molecule has 0 saturated carbocycles. The lowest BCUT2D eigenvalue weighted by Gasteiger charge is -2.27. The Bertz CT molecular complexity index is 464. The molecule has 0 amide bonds. The number of nitrogens with one attached hydrogen (secondary N) is 1. The molecule has 1 aromatic rings. The number of nitrogens with zero attached hydrogens (tertiary/aromatic N) is 1. The topological polar surface area (TPSA) is 33.7 Å². The van der Waals surface area contributed by atoms with Crippen LogP contribution < -0.4 is 14.8 Å². The highest BCUT2D eigenvalue weighted by Gasteiger charge is 2.25. The van der Waals surface area contributed by atoms with Gasteiger partial charge in [-0.15, -0.1) is 0 Å². The van der Waals surface area contributed by atoms with Crippen LogP contribution in [0.4, 0.5) is 4.39 Å². The Morgan fingerprint density at radius 3 is 2.89 bits per heavy atom. The summed E-state index contributed by atoms with van der Waals surface area (Å²) in [6.45, 7) is 4.25. The lowest BCUT2D eigenvalue weighted by molar-refractivity contribution is 0.170. The molecule has 0 aliphatic carbocycles. The van der Waals surface area contributed by atoms with Crippen LogP contribution in [0.3, 0.4) is 0 Å². The van der Waals surface area contributed by atoms with Crippen LogP contribution in [0.1, 0.15) is 5.56 Å². The van der Waals surface area contributed by atoms with Crippen LogP contribution in [0, 0.1) is 5.82 Å². The second-order valence-corrected chi connectivity index (χ2v) is 4.82. The summed E-state index contributed by atoms with van der Waals surface area (Å²) in [5, 5.41) is 3.35. The van der Waals surface area contributed by atoms with E-state index in [1.165, 1.54) is 6.07 Å². The first-order valence-electron chi connectivity index (χ1n) is 5.95. The molecule has 0 atom stereocenters. The zero-order chi connectivity index (χ0) is 12.5. The van der Waals surface area contributed by atoms with Crippen molar-refractivity contribution in [1.82, 2.24) is 10.2 Å². The fraction of sp³-hybridized carbons (Fsp3) is 0.500. The zero-order valence-corrected chi connectivity index (χ0v) is 10.6. The summed E-state index contributed by atoms with van der Waals surface area (Å²) in [5.41, 5.74) is 0.497. The molecule has 18 heavy (non-hydrogen) atoms. The second kappa shape index (κ2) is 4.91. The van der Waals surface area contributed by atoms with Crippen LogP contribution in [0.25, 0.3) is 0 Å². The van der Waals surface area contributed by atoms with Crippen molar-refractivity contribution < 1.29 is 13.9 Å². The molecule has 2 aliphatic heterocycles. The van der Waals surface area contributed by atoms with Crippen LogP contribution in [-0.4, -0.2) is 37.9 Å². The first-order chi connectivity index (χ1) is 8.75. The molecule has 0 bridgehead atoms. The van der Waals surface area contributed by atoms with E-state index < -0.39 is 5.82 Å². The molecule has 2 aliphatic rings. The Labute approximate surface area is 110 Å². The highest BCUT2D eigenvalue weighted by molar-refractivity contribution is 6.31. The molecule has 1 aromatic carbocycles. The fourth-order valence-electron chi connectivity index (χ4n) is 2.29. The van der Waals surface area contributed by atoms with Crippen LogP contribution >= 0.6 is 11.6 Å². The third-order valence-corrected chi connectivity index (χ3v) is 3.51. The summed E-state index contributed by atoms with van der Waals surface area (Å²) in [6.07, 6.45) is 0. The van der Waals surface area contributed by atoms with Gasteiger partial charge in [0.05, 0.1) is 5.02 Å². The lowest BCUT2D eigenvalue weighted by Crippen LogP contribution is -2.43. The zero-order valence-electron chi connectivity index (χ0n) is 9.84. The lowest BCUT2D eigenvalue weighted by atomic mass is 10.1. The van der Waals surface area contributed by atoms with Gasteiger partial charge in [-0.1, -0.05) is 11.6 Å². The van der Waals surface area contributed by atoms with Crippen LogP contribution in [0.2, 0.25) is 5.02 Å². The predicted molar refractivity (Wildman–Crippen MR) is 65.7 cm³/mol. The van der Waals surface area contributed by atoms with Crippen molar-refractivity contribution in [3.8, 4) is 11.5 Å². The van der Waals surface area contributed by atoms with Gasteiger partial charge >= 0.3 is 0 Å². The van der Waals surface area contributed by atoms with E-state index in [-0.39, 0.29) is 11.8 Å². The van der Waals surface area contributed by atoms with Gasteiger partial charge in [0.1, 0.15) is 5.82 Å². The monoisotopic (exact) mass is 272 g/mol. The molecule has 0 radical (unpaired) electrons. The van der Waals surface area contributed by atoms with Crippen LogP contribution in [-0.2, 0) is 6.54 Å². The number of hydrogen-bond acceptors (Lipinski definition) is 4. The molecule has 4 nitrogen and oxygen atoms in total. The Morgan fingerprint density at radius 1 is 1.33 bits per heavy atom. The van der Waals surface area contributed by atoms with E-state index >= 15 is 0 Å². The van der Waals surface area contributed by atoms with Gasteiger partial charge in [-0.05, 0) is 0 Å². The van der Waals surface area contributed by atoms with Crippen molar-refractivity contribution in [3.63, 3.8) is 0 Å². The Morgan fingerprint density at radius 2 is 2.11 bits per heavy atom. The Hall–Kier alpha value is -1.04. The maximum Gasteiger partial charge on any atom is 0.231 e. The van der Waals surface area contributed by atoms with Gasteiger partial charge in [-0.25, -0.2) is 4.39 Å². The molecule has 0 spiro atoms. The van der Waals surface area contributed by atoms with E-state index in [1.807, 2.05) is 0 Å². The SMILES string of the molecule is Fc1c(Cl)cc2c(c1CN1CCNCC1)OCO2. The largest absolute Gasteiger partial charge is 0.454 e. The van der Waals surface area contributed by atoms with Crippen molar-refractivity contribution >= 4 is 11.6 Å². The minimum atomic E-state index is -0.403. The Balaban J connectivity index is 1.90. The first-order valence-corrected chi connectivity index (χ1v) is 6.33. The summed E-state index contributed by atoms with van der Waals surface area (Å²) in [7, 11) is 0. The third-order valence-electron chi connectivity index (χ3n) is 3.24. The minimum Gasteiger partial charge on any atom is -0.454 e. The molecule has 2 heterocycles. The molecule has 1 saturated heterocycles. The maximum absolute atomic E-state index is 14.1. The van der Waals surface area contributed by atoms with E-state index in [0.29, 0.717) is 23.6 Å². The molecule has 3 rings (SSSR count). The van der Waals surface area contributed by atoms with Gasteiger partial charge in [-0.3, -0.25) is 4.90 Å². The van der Waals surface area contributed by atoms with Crippen LogP contribution in [0.5, 0.6) is 11.5 Å². The van der Waals surface area contributed by atoms with E-state index in [9.17, 15) is 4.39 Å². The smallest absolute Gasteiger partial charge is 0.231 e. The summed E-state index contributed by atoms with van der Waals surface area (Å²) in [6, 6.07) is 1.47. The van der Waals surface area contributed by atoms with Gasteiger partial charge < -0.3 is 14.8 Å². The van der Waals surface area contributed by atoms with Crippen molar-refractivity contribution in [2.24, 2.45) is 0 Å². The van der Waals surface area contributed by atoms with Gasteiger partial charge in [0.2, 0.25) is 6.79 Å². The van der Waals surface area contributed by atoms with E-state index in [1.54, 1.807) is 0 Å². The average molecular weight is 273 g/mol. The second-order valence-electron chi connectivity index (χ2n) is 4.41. The average Bonchev–Trinajstić information content (AvgIpc) is 2.84. The normalized spacial score (nSPS) is 19.2. The molecular formula is C12H14ClFN2O2. The van der Waals surface area contributed by atoms with E-state index in [0.717, 1.165) is 26.2 Å². The number of ether oxygens (including phenoxy) is 2. The van der Waals surface area contributed by atoms with Gasteiger partial charge in [0.15, 0.2) is 11.5 Å². The number of fused-ring (bicyclic) bond motifs is 1. The van der Waals surface area contributed by atoms with Gasteiger partial charge in [-0.2, -0.15) is 0 Å². The summed E-state index contributed by atoms with van der Waals surface area (Å²) >= 11 is 5.87. The van der Waals surface area contributed by atoms with E-state index in [4.69, 9.17) is 21.1 Å². The van der Waals surface area contributed by atoms with Gasteiger partial charge in [0.25, 0.3) is 0 Å². The first kappa shape index (κ1) is 12.0. The standard InChI is InChI=1S/C12H14ClFN2O2/c13-9-5-10-12(18-7-17-10)8(11(9)14)6-16-3-1-15-2-4-16/h5,15H,1-4,6-7H2. The molecular weight excluding hydrogens is 259 g/mol. The maximum atomic E-state index is 14.1. The predicted octanol–water partition coefficient (Wildman–Crippen LogP) is 1.61. The third kappa shape index (κ3) is 2.13. The molecule has 1 fully saturated rings. The van der Waals surface area contributed by atoms with E-state index in [2.05, 4.69) is 10.2 Å². The van der Waals surface area contributed by atoms with Gasteiger partial charge in [0, 0.05) is 44.4 Å². The minimum absolute atomic E-state index is 0.0874. The van der Waals surface area contributed by atoms with Crippen LogP contribution in [0.15, 0.2) is 6.07 Å². The fourth-order valence-corrected chi connectivity index (χ4v) is 2.50. The summed E-state index contributed by atoms with van der Waals surface area (Å²) < 4.78 is 24.7. The molecule has 0 aromatic heterocycles. The highest BCUT2D eigenvalue weighted by Crippen LogP contribution is 2.41. The summed E-state index contributed by atoms with van der Waals surface area (Å²) in [5.74, 6) is 0.626. The quantitative estimate of drug-likeness (QED) is 0.887. The van der Waals surface area contributed by atoms with Crippen molar-refractivity contribution in [2.75, 3.05) is 33.0 Å². The molecule has 98 valence electrons. The number of benzene rings is 1. The number of rotatable bonds is 2. The summed E-state index contributed by atoms with van der Waals surface area (Å²) in [4.78, 5) is 2.17. The van der Waals surface area contributed by atoms with Crippen molar-refractivity contribution in [2.45, 2.75) is 6.54 Å². The number of hydrogen-bond donors (Lipinski definition) is 1. The highest BCUT2D eigenvalue weighted by atomic mass is 35.5.